The number of ketones is 1. The number of aliphatic hydroxyl groups is 1. The fraction of sp³-hybridized carbons (Fsp3) is 0.364. The number of fused-ring (bicyclic) bond motifs is 2. The van der Waals surface area contributed by atoms with E-state index >= 15 is 0 Å². The monoisotopic (exact) mass is 403 g/mol. The van der Waals surface area contributed by atoms with Crippen molar-refractivity contribution in [3.8, 4) is 6.07 Å². The summed E-state index contributed by atoms with van der Waals surface area (Å²) in [6.07, 6.45) is -4.04. The van der Waals surface area contributed by atoms with Crippen molar-refractivity contribution in [1.29, 1.82) is 5.26 Å². The fourth-order valence-electron chi connectivity index (χ4n) is 4.67. The zero-order valence-corrected chi connectivity index (χ0v) is 15.5. The van der Waals surface area contributed by atoms with Gasteiger partial charge in [0, 0.05) is 23.5 Å². The van der Waals surface area contributed by atoms with Gasteiger partial charge in [-0.2, -0.15) is 5.26 Å². The minimum Gasteiger partial charge on any atom is -0.382 e. The summed E-state index contributed by atoms with van der Waals surface area (Å²) in [6, 6.07) is 6.85. The standard InChI is InChI=1S/C22H17F4NO2/c1-10(28)13-2-3-14(17-8-22(25,26)21(29)20(13)17)15-4-5-18(24)16-7-12(23)6-11(9-27)19(15)16/h2-3,6-7,15,18,21,29H,4-5,8H2,1H3/t15-,18?,21+/m1/s1. The quantitative estimate of drug-likeness (QED) is 0.563. The lowest BCUT2D eigenvalue weighted by Crippen LogP contribution is -2.22. The molecule has 2 aliphatic carbocycles. The van der Waals surface area contributed by atoms with Gasteiger partial charge in [0.15, 0.2) is 5.78 Å². The van der Waals surface area contributed by atoms with Gasteiger partial charge in [-0.25, -0.2) is 17.6 Å². The first-order chi connectivity index (χ1) is 13.7. The van der Waals surface area contributed by atoms with Gasteiger partial charge in [-0.05, 0) is 54.2 Å². The van der Waals surface area contributed by atoms with Crippen molar-refractivity contribution in [3.05, 3.63) is 69.0 Å². The topological polar surface area (TPSA) is 61.1 Å². The van der Waals surface area contributed by atoms with Crippen LogP contribution >= 0.6 is 0 Å². The zero-order valence-electron chi connectivity index (χ0n) is 15.5. The van der Waals surface area contributed by atoms with Crippen LogP contribution in [0.15, 0.2) is 24.3 Å². The summed E-state index contributed by atoms with van der Waals surface area (Å²) in [6.45, 7) is 1.23. The van der Waals surface area contributed by atoms with E-state index in [1.807, 2.05) is 6.07 Å². The molecule has 3 nitrogen and oxygen atoms in total. The number of carbonyl (C=O) groups excluding carboxylic acids is 1. The Morgan fingerprint density at radius 3 is 2.59 bits per heavy atom. The highest BCUT2D eigenvalue weighted by molar-refractivity contribution is 5.96. The maximum Gasteiger partial charge on any atom is 0.281 e. The maximum atomic E-state index is 14.5. The molecule has 3 atom stereocenters. The van der Waals surface area contributed by atoms with E-state index in [4.69, 9.17) is 0 Å². The van der Waals surface area contributed by atoms with Crippen molar-refractivity contribution in [1.82, 2.24) is 0 Å². The predicted octanol–water partition coefficient (Wildman–Crippen LogP) is 5.06. The molecule has 0 amide bonds. The summed E-state index contributed by atoms with van der Waals surface area (Å²) in [4.78, 5) is 11.9. The van der Waals surface area contributed by atoms with Crippen molar-refractivity contribution < 1.29 is 27.5 Å². The van der Waals surface area contributed by atoms with Crippen LogP contribution in [0.25, 0.3) is 0 Å². The van der Waals surface area contributed by atoms with Crippen LogP contribution < -0.4 is 0 Å². The molecule has 2 aromatic carbocycles. The van der Waals surface area contributed by atoms with E-state index in [1.165, 1.54) is 19.1 Å². The first-order valence-corrected chi connectivity index (χ1v) is 9.25. The molecular formula is C22H17F4NO2. The SMILES string of the molecule is CC(=O)c1ccc([C@H]2CCC(F)c3cc(F)cc(C#N)c32)c2c1[C@H](O)C(F)(F)C2. The van der Waals surface area contributed by atoms with Gasteiger partial charge in [0.25, 0.3) is 5.92 Å². The second kappa shape index (κ2) is 6.67. The smallest absolute Gasteiger partial charge is 0.281 e. The van der Waals surface area contributed by atoms with Crippen molar-refractivity contribution in [2.24, 2.45) is 0 Å². The lowest BCUT2D eigenvalue weighted by molar-refractivity contribution is -0.0969. The second-order valence-corrected chi connectivity index (χ2v) is 7.66. The Kier molecular flexibility index (Phi) is 4.50. The number of carbonyl (C=O) groups is 1. The highest BCUT2D eigenvalue weighted by Gasteiger charge is 2.50. The molecule has 1 unspecified atom stereocenters. The van der Waals surface area contributed by atoms with Gasteiger partial charge >= 0.3 is 0 Å². The summed E-state index contributed by atoms with van der Waals surface area (Å²) in [5.41, 5.74) is 0.774. The Labute approximate surface area is 164 Å². The summed E-state index contributed by atoms with van der Waals surface area (Å²) in [7, 11) is 0. The number of hydrogen-bond donors (Lipinski definition) is 1. The molecule has 4 rings (SSSR count). The predicted molar refractivity (Wildman–Crippen MR) is 96.1 cm³/mol. The molecule has 0 saturated heterocycles. The van der Waals surface area contributed by atoms with Gasteiger partial charge in [-0.15, -0.1) is 0 Å². The molecule has 0 spiro atoms. The minimum atomic E-state index is -3.44. The highest BCUT2D eigenvalue weighted by Crippen LogP contribution is 2.51. The molecule has 0 heterocycles. The third kappa shape index (κ3) is 2.94. The Morgan fingerprint density at radius 1 is 1.21 bits per heavy atom. The van der Waals surface area contributed by atoms with Gasteiger partial charge in [0.2, 0.25) is 0 Å². The Morgan fingerprint density at radius 2 is 1.93 bits per heavy atom. The molecule has 150 valence electrons. The first-order valence-electron chi connectivity index (χ1n) is 9.25. The molecule has 0 bridgehead atoms. The largest absolute Gasteiger partial charge is 0.382 e. The summed E-state index contributed by atoms with van der Waals surface area (Å²) in [5.74, 6) is -5.23. The van der Waals surface area contributed by atoms with Crippen LogP contribution in [0.5, 0.6) is 0 Å². The number of halogens is 4. The van der Waals surface area contributed by atoms with Gasteiger partial charge in [0.05, 0.1) is 11.6 Å². The summed E-state index contributed by atoms with van der Waals surface area (Å²) < 4.78 is 57.1. The number of alkyl halides is 3. The van der Waals surface area contributed by atoms with Crippen LogP contribution in [-0.2, 0) is 6.42 Å². The number of aliphatic hydroxyl groups excluding tert-OH is 1. The van der Waals surface area contributed by atoms with Crippen LogP contribution in [0.3, 0.4) is 0 Å². The fourth-order valence-corrected chi connectivity index (χ4v) is 4.67. The lowest BCUT2D eigenvalue weighted by Gasteiger charge is -2.31. The second-order valence-electron chi connectivity index (χ2n) is 7.66. The normalized spacial score (nSPS) is 24.5. The van der Waals surface area contributed by atoms with E-state index in [-0.39, 0.29) is 46.2 Å². The molecular weight excluding hydrogens is 386 g/mol. The van der Waals surface area contributed by atoms with E-state index in [0.29, 0.717) is 5.56 Å². The highest BCUT2D eigenvalue weighted by atomic mass is 19.3. The van der Waals surface area contributed by atoms with Crippen molar-refractivity contribution in [3.63, 3.8) is 0 Å². The van der Waals surface area contributed by atoms with Crippen molar-refractivity contribution in [2.45, 2.75) is 50.3 Å². The van der Waals surface area contributed by atoms with Crippen LogP contribution in [-0.4, -0.2) is 16.8 Å². The molecule has 0 fully saturated rings. The van der Waals surface area contributed by atoms with Crippen molar-refractivity contribution in [2.75, 3.05) is 0 Å². The number of hydrogen-bond acceptors (Lipinski definition) is 3. The Bertz CT molecular complexity index is 1070. The van der Waals surface area contributed by atoms with E-state index in [9.17, 15) is 32.7 Å². The number of benzene rings is 2. The van der Waals surface area contributed by atoms with E-state index in [0.717, 1.165) is 12.1 Å². The van der Waals surface area contributed by atoms with Crippen LogP contribution in [0.4, 0.5) is 17.6 Å². The number of rotatable bonds is 2. The third-order valence-corrected chi connectivity index (χ3v) is 5.93. The molecule has 1 N–H and O–H groups in total. The molecule has 7 heteroatoms. The number of nitriles is 1. The summed E-state index contributed by atoms with van der Waals surface area (Å²) >= 11 is 0. The molecule has 2 aromatic rings. The molecule has 0 aliphatic heterocycles. The van der Waals surface area contributed by atoms with Crippen LogP contribution in [0.2, 0.25) is 0 Å². The van der Waals surface area contributed by atoms with Gasteiger partial charge in [0.1, 0.15) is 18.1 Å². The van der Waals surface area contributed by atoms with E-state index < -0.39 is 42.1 Å². The molecule has 29 heavy (non-hydrogen) atoms. The van der Waals surface area contributed by atoms with Crippen molar-refractivity contribution >= 4 is 5.78 Å². The van der Waals surface area contributed by atoms with E-state index in [2.05, 4.69) is 0 Å². The van der Waals surface area contributed by atoms with Gasteiger partial charge < -0.3 is 5.11 Å². The average Bonchev–Trinajstić information content (AvgIpc) is 2.91. The Hall–Kier alpha value is -2.72. The first kappa shape index (κ1) is 19.6. The van der Waals surface area contributed by atoms with Gasteiger partial charge in [-0.3, -0.25) is 4.79 Å². The number of Topliss-reactive ketones (excluding diaryl/α,β-unsaturated/α-hetero) is 1. The molecule has 0 saturated carbocycles. The zero-order chi connectivity index (χ0) is 21.1. The molecule has 0 aromatic heterocycles. The third-order valence-electron chi connectivity index (χ3n) is 5.93. The minimum absolute atomic E-state index is 0.0208. The van der Waals surface area contributed by atoms with Crippen LogP contribution in [0, 0.1) is 17.1 Å². The lowest BCUT2D eigenvalue weighted by atomic mass is 9.74. The number of nitrogens with zero attached hydrogens (tertiary/aromatic N) is 1. The average molecular weight is 403 g/mol. The van der Waals surface area contributed by atoms with E-state index in [1.54, 1.807) is 0 Å². The molecule has 2 aliphatic rings. The maximum absolute atomic E-state index is 14.5. The molecule has 0 radical (unpaired) electrons. The van der Waals surface area contributed by atoms with Crippen LogP contribution in [0.1, 0.15) is 81.7 Å². The Balaban J connectivity index is 1.97. The van der Waals surface area contributed by atoms with Gasteiger partial charge in [-0.1, -0.05) is 12.1 Å². The summed E-state index contributed by atoms with van der Waals surface area (Å²) in [5, 5.41) is 19.6.